The maximum Gasteiger partial charge on any atom is 0.200 e. The van der Waals surface area contributed by atoms with E-state index < -0.39 is 0 Å². The maximum atomic E-state index is 13.8. The summed E-state index contributed by atoms with van der Waals surface area (Å²) >= 11 is 1.72. The topological polar surface area (TPSA) is 48.0 Å². The van der Waals surface area contributed by atoms with Crippen LogP contribution in [0.4, 0.5) is 0 Å². The maximum absolute atomic E-state index is 13.8. The van der Waals surface area contributed by atoms with Crippen molar-refractivity contribution in [3.8, 4) is 16.9 Å². The number of hydrogen-bond acceptors (Lipinski definition) is 4. The van der Waals surface area contributed by atoms with Gasteiger partial charge >= 0.3 is 0 Å². The highest BCUT2D eigenvalue weighted by atomic mass is 32.1. The van der Waals surface area contributed by atoms with Crippen LogP contribution < -0.4 is 5.43 Å². The summed E-state index contributed by atoms with van der Waals surface area (Å²) in [6.07, 6.45) is 1.76. The second kappa shape index (κ2) is 8.37. The van der Waals surface area contributed by atoms with Crippen LogP contribution in [0.1, 0.15) is 0 Å². The molecule has 9 aromatic rings. The van der Waals surface area contributed by atoms with Gasteiger partial charge < -0.3 is 8.98 Å². The number of nitrogens with zero attached hydrogens (tertiary/aromatic N) is 2. The van der Waals surface area contributed by atoms with Gasteiger partial charge in [-0.15, -0.1) is 11.3 Å². The van der Waals surface area contributed by atoms with Crippen LogP contribution in [0.15, 0.2) is 131 Å². The van der Waals surface area contributed by atoms with Gasteiger partial charge in [0.1, 0.15) is 11.2 Å². The first-order valence-corrected chi connectivity index (χ1v) is 14.3. The number of benzene rings is 5. The number of thiophene rings is 1. The summed E-state index contributed by atoms with van der Waals surface area (Å²) in [7, 11) is 0. The van der Waals surface area contributed by atoms with Crippen LogP contribution >= 0.6 is 11.3 Å². The van der Waals surface area contributed by atoms with E-state index in [-0.39, 0.29) is 5.43 Å². The number of fused-ring (bicyclic) bond motifs is 8. The summed E-state index contributed by atoms with van der Waals surface area (Å²) in [5, 5.41) is 5.87. The van der Waals surface area contributed by atoms with Crippen LogP contribution in [-0.2, 0) is 0 Å². The smallest absolute Gasteiger partial charge is 0.200 e. The molecular weight excluding hydrogens is 524 g/mol. The Morgan fingerprint density at radius 1 is 0.610 bits per heavy atom. The van der Waals surface area contributed by atoms with Crippen LogP contribution in [0.3, 0.4) is 0 Å². The van der Waals surface area contributed by atoms with Crippen molar-refractivity contribution in [1.82, 2.24) is 9.55 Å². The number of hydrogen-bond donors (Lipinski definition) is 0. The molecule has 0 N–H and O–H groups in total. The van der Waals surface area contributed by atoms with E-state index in [1.54, 1.807) is 17.5 Å². The molecule has 0 bridgehead atoms. The van der Waals surface area contributed by atoms with Crippen molar-refractivity contribution in [3.63, 3.8) is 0 Å². The van der Waals surface area contributed by atoms with Gasteiger partial charge in [0, 0.05) is 38.0 Å². The Kier molecular flexibility index (Phi) is 4.60. The first-order valence-electron chi connectivity index (χ1n) is 13.5. The minimum atomic E-state index is -0.0268. The normalized spacial score (nSPS) is 12.0. The van der Waals surface area contributed by atoms with Gasteiger partial charge in [-0.3, -0.25) is 9.78 Å². The molecule has 5 heteroatoms. The number of aromatic nitrogens is 2. The Labute approximate surface area is 237 Å². The van der Waals surface area contributed by atoms with Gasteiger partial charge in [-0.25, -0.2) is 0 Å². The van der Waals surface area contributed by atoms with Gasteiger partial charge in [-0.2, -0.15) is 0 Å². The van der Waals surface area contributed by atoms with E-state index in [1.807, 2.05) is 48.5 Å². The van der Waals surface area contributed by atoms with Gasteiger partial charge in [-0.05, 0) is 60.7 Å². The molecule has 0 saturated carbocycles. The zero-order valence-corrected chi connectivity index (χ0v) is 22.5. The Bertz CT molecular complexity index is 2500. The van der Waals surface area contributed by atoms with Crippen molar-refractivity contribution in [3.05, 3.63) is 132 Å². The van der Waals surface area contributed by atoms with Crippen molar-refractivity contribution >= 4 is 75.3 Å². The predicted octanol–water partition coefficient (Wildman–Crippen LogP) is 9.47. The van der Waals surface area contributed by atoms with Crippen LogP contribution in [0.5, 0.6) is 0 Å². The van der Waals surface area contributed by atoms with Crippen molar-refractivity contribution in [1.29, 1.82) is 0 Å². The fourth-order valence-electron chi connectivity index (χ4n) is 6.18. The molecule has 4 nitrogen and oxygen atoms in total. The fourth-order valence-corrected chi connectivity index (χ4v) is 7.41. The zero-order chi connectivity index (χ0) is 27.1. The summed E-state index contributed by atoms with van der Waals surface area (Å²) in [5.74, 6) is 0. The largest absolute Gasteiger partial charge is 0.456 e. The molecule has 0 saturated heterocycles. The fraction of sp³-hybridized carbons (Fsp3) is 0. The molecule has 192 valence electrons. The Hall–Kier alpha value is -5.26. The summed E-state index contributed by atoms with van der Waals surface area (Å²) in [5.41, 5.74) is 6.35. The third kappa shape index (κ3) is 3.21. The van der Waals surface area contributed by atoms with Crippen LogP contribution in [0.2, 0.25) is 0 Å². The standard InChI is InChI=1S/C36H20N2O2S/c39-35-26-18-21(28-11-5-6-17-37-28)15-16-32(26)40-33-19-25-24-10-7-14-31(36(24)41-34(25)20-27(33)35)38-29-12-3-1-8-22(29)23-9-2-4-13-30(23)38/h1-20H. The Balaban J connectivity index is 1.32. The second-order valence-electron chi connectivity index (χ2n) is 10.3. The molecule has 0 atom stereocenters. The lowest BCUT2D eigenvalue weighted by molar-refractivity contribution is 0.660. The average Bonchev–Trinajstić information content (AvgIpc) is 3.56. The molecule has 9 rings (SSSR count). The molecule has 4 aromatic heterocycles. The molecular formula is C36H20N2O2S. The predicted molar refractivity (Wildman–Crippen MR) is 170 cm³/mol. The van der Waals surface area contributed by atoms with E-state index in [4.69, 9.17) is 4.42 Å². The Morgan fingerprint density at radius 2 is 1.34 bits per heavy atom. The van der Waals surface area contributed by atoms with Gasteiger partial charge in [0.15, 0.2) is 0 Å². The van der Waals surface area contributed by atoms with Crippen LogP contribution in [0.25, 0.3) is 80.9 Å². The van der Waals surface area contributed by atoms with Crippen molar-refractivity contribution < 1.29 is 4.42 Å². The molecule has 0 aliphatic heterocycles. The molecule has 0 aliphatic rings. The molecule has 0 spiro atoms. The molecule has 41 heavy (non-hydrogen) atoms. The van der Waals surface area contributed by atoms with E-state index in [0.29, 0.717) is 21.9 Å². The molecule has 0 amide bonds. The summed E-state index contributed by atoms with van der Waals surface area (Å²) in [4.78, 5) is 18.2. The summed E-state index contributed by atoms with van der Waals surface area (Å²) < 4.78 is 10.9. The van der Waals surface area contributed by atoms with Gasteiger partial charge in [0.05, 0.1) is 37.9 Å². The average molecular weight is 545 g/mol. The molecule has 0 fully saturated rings. The lowest BCUT2D eigenvalue weighted by Gasteiger charge is -2.09. The lowest BCUT2D eigenvalue weighted by Crippen LogP contribution is -2.02. The van der Waals surface area contributed by atoms with Crippen LogP contribution in [-0.4, -0.2) is 9.55 Å². The molecule has 5 aromatic carbocycles. The Morgan fingerprint density at radius 3 is 2.12 bits per heavy atom. The van der Waals surface area contributed by atoms with E-state index >= 15 is 0 Å². The number of para-hydroxylation sites is 2. The summed E-state index contributed by atoms with van der Waals surface area (Å²) in [6, 6.07) is 39.1. The molecule has 4 heterocycles. The summed E-state index contributed by atoms with van der Waals surface area (Å²) in [6.45, 7) is 0. The number of pyridine rings is 1. The van der Waals surface area contributed by atoms with E-state index in [1.165, 1.54) is 26.5 Å². The van der Waals surface area contributed by atoms with E-state index in [9.17, 15) is 4.79 Å². The first kappa shape index (κ1) is 22.5. The van der Waals surface area contributed by atoms with Gasteiger partial charge in [0.25, 0.3) is 0 Å². The van der Waals surface area contributed by atoms with Crippen molar-refractivity contribution in [2.45, 2.75) is 0 Å². The zero-order valence-electron chi connectivity index (χ0n) is 21.7. The molecule has 0 unspecified atom stereocenters. The van der Waals surface area contributed by atoms with E-state index in [2.05, 4.69) is 76.3 Å². The van der Waals surface area contributed by atoms with Gasteiger partial charge in [-0.1, -0.05) is 54.6 Å². The highest BCUT2D eigenvalue weighted by Crippen LogP contribution is 2.42. The second-order valence-corrected chi connectivity index (χ2v) is 11.4. The lowest BCUT2D eigenvalue weighted by atomic mass is 10.0. The van der Waals surface area contributed by atoms with Crippen LogP contribution in [0, 0.1) is 0 Å². The third-order valence-electron chi connectivity index (χ3n) is 8.05. The highest BCUT2D eigenvalue weighted by molar-refractivity contribution is 7.26. The minimum absolute atomic E-state index is 0.0268. The first-order chi connectivity index (χ1) is 20.2. The van der Waals surface area contributed by atoms with Crippen molar-refractivity contribution in [2.75, 3.05) is 0 Å². The highest BCUT2D eigenvalue weighted by Gasteiger charge is 2.18. The third-order valence-corrected chi connectivity index (χ3v) is 9.24. The van der Waals surface area contributed by atoms with E-state index in [0.717, 1.165) is 32.4 Å². The quantitative estimate of drug-likeness (QED) is 0.204. The minimum Gasteiger partial charge on any atom is -0.456 e. The number of rotatable bonds is 2. The molecule has 0 aliphatic carbocycles. The molecule has 0 radical (unpaired) electrons. The SMILES string of the molecule is O=c1c2cc(-c3ccccn3)ccc2oc2cc3c(cc12)sc1c(-n2c4ccccc4c4ccccc42)cccc13. The monoisotopic (exact) mass is 544 g/mol. The van der Waals surface area contributed by atoms with Crippen molar-refractivity contribution in [2.24, 2.45) is 0 Å². The van der Waals surface area contributed by atoms with Gasteiger partial charge in [0.2, 0.25) is 5.43 Å².